The van der Waals surface area contributed by atoms with E-state index in [1.54, 1.807) is 7.11 Å². The van der Waals surface area contributed by atoms with E-state index in [1.165, 1.54) is 12.3 Å². The molecular weight excluding hydrogens is 474 g/mol. The number of anilines is 2. The summed E-state index contributed by atoms with van der Waals surface area (Å²) in [4.78, 5) is 7.82. The first-order chi connectivity index (χ1) is 12.4. The Morgan fingerprint density at radius 2 is 1.96 bits per heavy atom. The topological polar surface area (TPSA) is 84.6 Å². The Balaban J connectivity index is 0.00000364. The van der Waals surface area contributed by atoms with Gasteiger partial charge in [0.1, 0.15) is 5.82 Å². The van der Waals surface area contributed by atoms with Crippen molar-refractivity contribution in [2.75, 3.05) is 30.8 Å². The normalized spacial score (nSPS) is 11.6. The van der Waals surface area contributed by atoms with Gasteiger partial charge >= 0.3 is 6.18 Å². The van der Waals surface area contributed by atoms with Crippen molar-refractivity contribution in [1.82, 2.24) is 4.98 Å². The standard InChI is InChI=1S/C17H20F3N5O.HI/c1-26-11-12-5-2-3-7-14(12)25-16(21)24-10-9-23-15-13(17(18,19)20)6-4-8-22-15;/h2-8H,9-11H2,1H3,(H,22,23)(H3,21,24,25);1H. The van der Waals surface area contributed by atoms with Gasteiger partial charge in [-0.2, -0.15) is 13.2 Å². The van der Waals surface area contributed by atoms with Crippen LogP contribution in [0.2, 0.25) is 0 Å². The Morgan fingerprint density at radius 1 is 1.22 bits per heavy atom. The Kier molecular flexibility index (Phi) is 9.29. The molecule has 0 unspecified atom stereocenters. The number of hydrogen-bond donors (Lipinski definition) is 3. The van der Waals surface area contributed by atoms with Crippen molar-refractivity contribution in [3.05, 3.63) is 53.7 Å². The van der Waals surface area contributed by atoms with Crippen molar-refractivity contribution < 1.29 is 17.9 Å². The number of ether oxygens (including phenoxy) is 1. The fourth-order valence-electron chi connectivity index (χ4n) is 2.23. The second-order valence-electron chi connectivity index (χ2n) is 5.31. The average Bonchev–Trinajstić information content (AvgIpc) is 2.60. The molecule has 6 nitrogen and oxygen atoms in total. The van der Waals surface area contributed by atoms with Crippen LogP contribution in [0.3, 0.4) is 0 Å². The fourth-order valence-corrected chi connectivity index (χ4v) is 2.23. The van der Waals surface area contributed by atoms with E-state index in [0.717, 1.165) is 17.3 Å². The molecule has 0 radical (unpaired) electrons. The molecule has 4 N–H and O–H groups in total. The predicted octanol–water partition coefficient (Wildman–Crippen LogP) is 3.70. The molecule has 0 bridgehead atoms. The summed E-state index contributed by atoms with van der Waals surface area (Å²) in [6, 6.07) is 9.66. The summed E-state index contributed by atoms with van der Waals surface area (Å²) in [6.45, 7) is 0.749. The first-order valence-electron chi connectivity index (χ1n) is 7.81. The second kappa shape index (κ2) is 10.9. The number of halogens is 4. The lowest BCUT2D eigenvalue weighted by Gasteiger charge is -2.13. The summed E-state index contributed by atoms with van der Waals surface area (Å²) in [5.74, 6) is -0.0698. The van der Waals surface area contributed by atoms with Gasteiger partial charge in [0.2, 0.25) is 0 Å². The molecule has 1 aromatic heterocycles. The van der Waals surface area contributed by atoms with Gasteiger partial charge in [0.05, 0.1) is 18.7 Å². The summed E-state index contributed by atoms with van der Waals surface area (Å²) in [5, 5.41) is 5.58. The minimum atomic E-state index is -4.47. The van der Waals surface area contributed by atoms with Crippen molar-refractivity contribution >= 4 is 41.4 Å². The van der Waals surface area contributed by atoms with Crippen LogP contribution >= 0.6 is 24.0 Å². The monoisotopic (exact) mass is 495 g/mol. The van der Waals surface area contributed by atoms with Crippen molar-refractivity contribution in [1.29, 1.82) is 0 Å². The van der Waals surface area contributed by atoms with Gasteiger partial charge in [0.25, 0.3) is 0 Å². The number of nitrogens with one attached hydrogen (secondary N) is 2. The van der Waals surface area contributed by atoms with E-state index in [1.807, 2.05) is 24.3 Å². The molecule has 27 heavy (non-hydrogen) atoms. The largest absolute Gasteiger partial charge is 0.419 e. The molecule has 2 rings (SSSR count). The maximum atomic E-state index is 12.9. The van der Waals surface area contributed by atoms with Crippen molar-refractivity contribution in [2.45, 2.75) is 12.8 Å². The van der Waals surface area contributed by atoms with Crippen LogP contribution in [0.4, 0.5) is 24.7 Å². The number of nitrogens with two attached hydrogens (primary N) is 1. The number of aliphatic imine (C=N–C) groups is 1. The van der Waals surface area contributed by atoms with Gasteiger partial charge in [-0.1, -0.05) is 18.2 Å². The molecule has 0 amide bonds. The third-order valence-corrected chi connectivity index (χ3v) is 3.38. The zero-order chi connectivity index (χ0) is 19.0. The lowest BCUT2D eigenvalue weighted by atomic mass is 10.2. The maximum absolute atomic E-state index is 12.9. The van der Waals surface area contributed by atoms with Crippen molar-refractivity contribution in [3.8, 4) is 0 Å². The molecule has 0 saturated carbocycles. The molecule has 148 valence electrons. The van der Waals surface area contributed by atoms with Crippen LogP contribution < -0.4 is 16.4 Å². The molecule has 0 aliphatic carbocycles. The molecular formula is C17H21F3IN5O. The summed E-state index contributed by atoms with van der Waals surface area (Å²) in [5.41, 5.74) is 6.68. The number of guanidine groups is 1. The smallest absolute Gasteiger partial charge is 0.380 e. The lowest BCUT2D eigenvalue weighted by molar-refractivity contribution is -0.137. The molecule has 0 atom stereocenters. The Morgan fingerprint density at radius 3 is 2.67 bits per heavy atom. The van der Waals surface area contributed by atoms with Crippen molar-refractivity contribution in [2.24, 2.45) is 10.7 Å². The first-order valence-corrected chi connectivity index (χ1v) is 7.81. The number of alkyl halides is 3. The van der Waals surface area contributed by atoms with E-state index in [0.29, 0.717) is 6.61 Å². The minimum Gasteiger partial charge on any atom is -0.380 e. The fraction of sp³-hybridized carbons (Fsp3) is 0.294. The Labute approximate surface area is 172 Å². The lowest BCUT2D eigenvalue weighted by Crippen LogP contribution is -2.24. The summed E-state index contributed by atoms with van der Waals surface area (Å²) < 4.78 is 43.7. The molecule has 0 spiro atoms. The number of nitrogens with zero attached hydrogens (tertiary/aromatic N) is 2. The maximum Gasteiger partial charge on any atom is 0.419 e. The molecule has 1 heterocycles. The predicted molar refractivity (Wildman–Crippen MR) is 110 cm³/mol. The number of para-hydroxylation sites is 1. The summed E-state index contributed by atoms with van der Waals surface area (Å²) in [6.07, 6.45) is -3.17. The van der Waals surface area contributed by atoms with Crippen LogP contribution in [-0.2, 0) is 17.5 Å². The van der Waals surface area contributed by atoms with Gasteiger partial charge in [-0.15, -0.1) is 24.0 Å². The van der Waals surface area contributed by atoms with E-state index in [9.17, 15) is 13.2 Å². The SMILES string of the molecule is COCc1ccccc1NC(N)=NCCNc1ncccc1C(F)(F)F.I. The zero-order valence-electron chi connectivity index (χ0n) is 14.6. The highest BCUT2D eigenvalue weighted by atomic mass is 127. The Hall–Kier alpha value is -2.08. The van der Waals surface area contributed by atoms with E-state index in [2.05, 4.69) is 20.6 Å². The van der Waals surface area contributed by atoms with Crippen LogP contribution in [0.1, 0.15) is 11.1 Å². The van der Waals surface area contributed by atoms with Crippen LogP contribution in [0.15, 0.2) is 47.6 Å². The number of methoxy groups -OCH3 is 1. The Bertz CT molecular complexity index is 755. The van der Waals surface area contributed by atoms with E-state index in [4.69, 9.17) is 10.5 Å². The first kappa shape index (κ1) is 23.0. The second-order valence-corrected chi connectivity index (χ2v) is 5.31. The zero-order valence-corrected chi connectivity index (χ0v) is 16.9. The van der Waals surface area contributed by atoms with E-state index in [-0.39, 0.29) is 48.8 Å². The quantitative estimate of drug-likeness (QED) is 0.236. The van der Waals surface area contributed by atoms with Gasteiger partial charge in [0.15, 0.2) is 5.96 Å². The molecule has 2 aromatic rings. The minimum absolute atomic E-state index is 0. The van der Waals surface area contributed by atoms with E-state index >= 15 is 0 Å². The molecule has 1 aromatic carbocycles. The van der Waals surface area contributed by atoms with Gasteiger partial charge in [-0.3, -0.25) is 4.99 Å². The van der Waals surface area contributed by atoms with Crippen molar-refractivity contribution in [3.63, 3.8) is 0 Å². The summed E-state index contributed by atoms with van der Waals surface area (Å²) >= 11 is 0. The third kappa shape index (κ3) is 7.21. The number of benzene rings is 1. The highest BCUT2D eigenvalue weighted by molar-refractivity contribution is 14.0. The van der Waals surface area contributed by atoms with Gasteiger partial charge in [-0.25, -0.2) is 4.98 Å². The van der Waals surface area contributed by atoms with Gasteiger partial charge in [0, 0.05) is 31.1 Å². The third-order valence-electron chi connectivity index (χ3n) is 3.38. The number of pyridine rings is 1. The van der Waals surface area contributed by atoms with Crippen LogP contribution in [0, 0.1) is 0 Å². The number of aromatic nitrogens is 1. The molecule has 10 heteroatoms. The highest BCUT2D eigenvalue weighted by Crippen LogP contribution is 2.33. The molecule has 0 aliphatic heterocycles. The van der Waals surface area contributed by atoms with Crippen LogP contribution in [0.25, 0.3) is 0 Å². The van der Waals surface area contributed by atoms with Gasteiger partial charge < -0.3 is 21.1 Å². The molecule has 0 fully saturated rings. The van der Waals surface area contributed by atoms with Gasteiger partial charge in [-0.05, 0) is 18.2 Å². The summed E-state index contributed by atoms with van der Waals surface area (Å²) in [7, 11) is 1.59. The number of hydrogen-bond acceptors (Lipinski definition) is 4. The van der Waals surface area contributed by atoms with Crippen LogP contribution in [0.5, 0.6) is 0 Å². The highest BCUT2D eigenvalue weighted by Gasteiger charge is 2.33. The molecule has 0 saturated heterocycles. The van der Waals surface area contributed by atoms with E-state index < -0.39 is 11.7 Å². The molecule has 0 aliphatic rings. The number of rotatable bonds is 7. The van der Waals surface area contributed by atoms with Crippen LogP contribution in [-0.4, -0.2) is 31.1 Å². The average molecular weight is 495 g/mol.